The number of carbonyl (C=O) groups excluding carboxylic acids is 2. The molecule has 2 heterocycles. The van der Waals surface area contributed by atoms with Crippen molar-refractivity contribution in [3.8, 4) is 5.75 Å². The number of ketones is 1. The van der Waals surface area contributed by atoms with Crippen LogP contribution < -0.4 is 9.64 Å². The Morgan fingerprint density at radius 2 is 1.67 bits per heavy atom. The lowest BCUT2D eigenvalue weighted by molar-refractivity contribution is -0.132. The van der Waals surface area contributed by atoms with Crippen LogP contribution in [-0.4, -0.2) is 28.9 Å². The molecule has 1 saturated heterocycles. The lowest BCUT2D eigenvalue weighted by Gasteiger charge is -2.27. The van der Waals surface area contributed by atoms with E-state index in [1.807, 2.05) is 67.6 Å². The first kappa shape index (κ1) is 20.6. The van der Waals surface area contributed by atoms with Crippen LogP contribution in [0.1, 0.15) is 22.7 Å². The molecule has 3 aromatic carbocycles. The van der Waals surface area contributed by atoms with Crippen LogP contribution >= 0.6 is 0 Å². The second kappa shape index (κ2) is 7.98. The molecule has 1 aliphatic rings. The van der Waals surface area contributed by atoms with Crippen LogP contribution in [-0.2, 0) is 9.59 Å². The van der Waals surface area contributed by atoms with Crippen LogP contribution in [0, 0.1) is 6.92 Å². The largest absolute Gasteiger partial charge is 0.507 e. The second-order valence-corrected chi connectivity index (χ2v) is 7.95. The summed E-state index contributed by atoms with van der Waals surface area (Å²) in [5, 5.41) is 12.2. The molecular weight excluding hydrogens is 416 g/mol. The monoisotopic (exact) mass is 438 g/mol. The third-order valence-electron chi connectivity index (χ3n) is 6.10. The summed E-state index contributed by atoms with van der Waals surface area (Å²) in [6, 6.07) is 21.2. The number of aromatic nitrogens is 1. The van der Waals surface area contributed by atoms with Gasteiger partial charge in [0.05, 0.1) is 18.7 Å². The number of amides is 1. The number of anilines is 1. The predicted molar refractivity (Wildman–Crippen MR) is 127 cm³/mol. The minimum atomic E-state index is -0.851. The number of aromatic amines is 1. The molecule has 2 N–H and O–H groups in total. The number of benzene rings is 3. The molecule has 4 aromatic rings. The van der Waals surface area contributed by atoms with E-state index < -0.39 is 17.7 Å². The summed E-state index contributed by atoms with van der Waals surface area (Å²) in [7, 11) is 1.54. The summed E-state index contributed by atoms with van der Waals surface area (Å²) in [5.41, 5.74) is 3.37. The maximum atomic E-state index is 13.4. The topological polar surface area (TPSA) is 82.6 Å². The molecule has 1 atom stereocenters. The second-order valence-electron chi connectivity index (χ2n) is 7.95. The number of fused-ring (bicyclic) bond motifs is 1. The SMILES string of the molecule is COc1ccccc1C1/C(=C(\O)c2c[nH]c3ccccc23)C(=O)C(=O)N1c1ccccc1C. The minimum Gasteiger partial charge on any atom is -0.507 e. The quantitative estimate of drug-likeness (QED) is 0.263. The van der Waals surface area contributed by atoms with E-state index in [9.17, 15) is 14.7 Å². The number of methoxy groups -OCH3 is 1. The zero-order chi connectivity index (χ0) is 23.1. The van der Waals surface area contributed by atoms with Crippen molar-refractivity contribution in [3.63, 3.8) is 0 Å². The van der Waals surface area contributed by atoms with Gasteiger partial charge in [0.2, 0.25) is 0 Å². The molecule has 1 amide bonds. The summed E-state index contributed by atoms with van der Waals surface area (Å²) < 4.78 is 5.57. The van der Waals surface area contributed by atoms with Crippen molar-refractivity contribution in [2.75, 3.05) is 12.0 Å². The summed E-state index contributed by atoms with van der Waals surface area (Å²) in [6.07, 6.45) is 1.65. The average Bonchev–Trinajstić information content (AvgIpc) is 3.38. The van der Waals surface area contributed by atoms with Gasteiger partial charge in [-0.05, 0) is 30.7 Å². The van der Waals surface area contributed by atoms with E-state index in [0.717, 1.165) is 16.5 Å². The zero-order valence-electron chi connectivity index (χ0n) is 18.2. The Balaban J connectivity index is 1.81. The summed E-state index contributed by atoms with van der Waals surface area (Å²) >= 11 is 0. The zero-order valence-corrected chi connectivity index (χ0v) is 18.2. The van der Waals surface area contributed by atoms with Crippen LogP contribution in [0.25, 0.3) is 16.7 Å². The number of Topliss-reactive ketones (excluding diaryl/α,β-unsaturated/α-hetero) is 1. The molecule has 0 spiro atoms. The Bertz CT molecular complexity index is 1430. The van der Waals surface area contributed by atoms with E-state index in [4.69, 9.17) is 4.74 Å². The van der Waals surface area contributed by atoms with E-state index >= 15 is 0 Å². The van der Waals surface area contributed by atoms with Crippen molar-refractivity contribution in [3.05, 3.63) is 101 Å². The fourth-order valence-corrected chi connectivity index (χ4v) is 4.51. The van der Waals surface area contributed by atoms with E-state index in [2.05, 4.69) is 4.98 Å². The average molecular weight is 438 g/mol. The van der Waals surface area contributed by atoms with E-state index in [1.54, 1.807) is 25.4 Å². The Hall–Kier alpha value is -4.32. The first-order valence-electron chi connectivity index (χ1n) is 10.6. The molecule has 0 radical (unpaired) electrons. The number of H-pyrrole nitrogens is 1. The van der Waals surface area contributed by atoms with Gasteiger partial charge >= 0.3 is 0 Å². The maximum Gasteiger partial charge on any atom is 0.300 e. The Morgan fingerprint density at radius 1 is 0.970 bits per heavy atom. The van der Waals surface area contributed by atoms with Crippen molar-refractivity contribution in [2.45, 2.75) is 13.0 Å². The van der Waals surface area contributed by atoms with E-state index in [0.29, 0.717) is 22.6 Å². The Kier molecular flexibility index (Phi) is 4.98. The van der Waals surface area contributed by atoms with E-state index in [1.165, 1.54) is 4.90 Å². The highest BCUT2D eigenvalue weighted by atomic mass is 16.5. The van der Waals surface area contributed by atoms with Crippen LogP contribution in [0.15, 0.2) is 84.6 Å². The number of rotatable bonds is 4. The van der Waals surface area contributed by atoms with Crippen molar-refractivity contribution in [1.82, 2.24) is 4.98 Å². The molecule has 0 bridgehead atoms. The standard InChI is InChI=1S/C27H22N2O4/c1-16-9-3-7-13-21(16)29-24(18-11-5-8-14-22(18)33-2)23(26(31)27(29)32)25(30)19-15-28-20-12-6-4-10-17(19)20/h3-15,24,28,30H,1-2H3/b25-23+. The first-order valence-corrected chi connectivity index (χ1v) is 10.6. The number of hydrogen-bond donors (Lipinski definition) is 2. The fraction of sp³-hybridized carbons (Fsp3) is 0.111. The molecule has 164 valence electrons. The van der Waals surface area contributed by atoms with Crippen molar-refractivity contribution < 1.29 is 19.4 Å². The fourth-order valence-electron chi connectivity index (χ4n) is 4.51. The van der Waals surface area contributed by atoms with Crippen molar-refractivity contribution in [2.24, 2.45) is 0 Å². The number of ether oxygens (including phenoxy) is 1. The normalized spacial score (nSPS) is 17.6. The van der Waals surface area contributed by atoms with Gasteiger partial charge in [-0.1, -0.05) is 54.6 Å². The van der Waals surface area contributed by atoms with Crippen LogP contribution in [0.2, 0.25) is 0 Å². The number of nitrogens with one attached hydrogen (secondary N) is 1. The number of hydrogen-bond acceptors (Lipinski definition) is 4. The number of aliphatic hydroxyl groups excluding tert-OH is 1. The molecule has 33 heavy (non-hydrogen) atoms. The number of nitrogens with zero attached hydrogens (tertiary/aromatic N) is 1. The van der Waals surface area contributed by atoms with Gasteiger partial charge in [-0.25, -0.2) is 0 Å². The van der Waals surface area contributed by atoms with Gasteiger partial charge in [0.15, 0.2) is 0 Å². The Morgan fingerprint density at radius 3 is 2.45 bits per heavy atom. The minimum absolute atomic E-state index is 0.0255. The molecular formula is C27H22N2O4. The van der Waals surface area contributed by atoms with Gasteiger partial charge in [0, 0.05) is 33.9 Å². The lowest BCUT2D eigenvalue weighted by Crippen LogP contribution is -2.30. The maximum absolute atomic E-state index is 13.4. The van der Waals surface area contributed by atoms with Crippen molar-refractivity contribution >= 4 is 34.0 Å². The molecule has 0 aliphatic carbocycles. The molecule has 1 unspecified atom stereocenters. The summed E-state index contributed by atoms with van der Waals surface area (Å²) in [4.78, 5) is 31.3. The van der Waals surface area contributed by atoms with Crippen molar-refractivity contribution in [1.29, 1.82) is 0 Å². The van der Waals surface area contributed by atoms with Crippen LogP contribution in [0.4, 0.5) is 5.69 Å². The van der Waals surface area contributed by atoms with Gasteiger partial charge in [-0.2, -0.15) is 0 Å². The Labute approximate surface area is 190 Å². The summed E-state index contributed by atoms with van der Waals surface area (Å²) in [5.74, 6) is -1.14. The summed E-state index contributed by atoms with van der Waals surface area (Å²) in [6.45, 7) is 1.88. The van der Waals surface area contributed by atoms with Gasteiger partial charge in [0.1, 0.15) is 11.5 Å². The highest BCUT2D eigenvalue weighted by Crippen LogP contribution is 2.46. The highest BCUT2D eigenvalue weighted by molar-refractivity contribution is 6.52. The number of aryl methyl sites for hydroxylation is 1. The van der Waals surface area contributed by atoms with Gasteiger partial charge < -0.3 is 14.8 Å². The van der Waals surface area contributed by atoms with Gasteiger partial charge in [-0.3, -0.25) is 14.5 Å². The third kappa shape index (κ3) is 3.19. The van der Waals surface area contributed by atoms with Gasteiger partial charge in [-0.15, -0.1) is 0 Å². The van der Waals surface area contributed by atoms with Crippen LogP contribution in [0.3, 0.4) is 0 Å². The molecule has 6 heteroatoms. The molecule has 1 fully saturated rings. The predicted octanol–water partition coefficient (Wildman–Crippen LogP) is 5.11. The molecule has 1 aromatic heterocycles. The van der Waals surface area contributed by atoms with Gasteiger partial charge in [0.25, 0.3) is 11.7 Å². The van der Waals surface area contributed by atoms with E-state index in [-0.39, 0.29) is 11.3 Å². The van der Waals surface area contributed by atoms with Crippen LogP contribution in [0.5, 0.6) is 5.75 Å². The smallest absolute Gasteiger partial charge is 0.300 e. The number of carbonyl (C=O) groups is 2. The molecule has 5 rings (SSSR count). The molecule has 0 saturated carbocycles. The highest BCUT2D eigenvalue weighted by Gasteiger charge is 2.48. The third-order valence-corrected chi connectivity index (χ3v) is 6.10. The number of para-hydroxylation sites is 3. The molecule has 6 nitrogen and oxygen atoms in total. The number of aliphatic hydroxyl groups is 1. The first-order chi connectivity index (χ1) is 16.0. The lowest BCUT2D eigenvalue weighted by atomic mass is 9.94. The molecule has 1 aliphatic heterocycles.